The van der Waals surface area contributed by atoms with Gasteiger partial charge >= 0.3 is 0 Å². The molecule has 2 aromatic rings. The van der Waals surface area contributed by atoms with Crippen molar-refractivity contribution >= 4 is 23.5 Å². The largest absolute Gasteiger partial charge is 0.334 e. The molecular weight excluding hydrogens is 302 g/mol. The molecule has 0 amide bonds. The van der Waals surface area contributed by atoms with Crippen LogP contribution >= 0.6 is 23.5 Å². The molecule has 2 atom stereocenters. The predicted molar refractivity (Wildman–Crippen MR) is 86.2 cm³/mol. The summed E-state index contributed by atoms with van der Waals surface area (Å²) < 4.78 is 5.40. The average molecular weight is 317 g/mol. The van der Waals surface area contributed by atoms with Crippen LogP contribution in [0.1, 0.15) is 30.0 Å². The lowest BCUT2D eigenvalue weighted by molar-refractivity contribution is 0.421. The van der Waals surface area contributed by atoms with E-state index in [1.54, 1.807) is 12.1 Å². The second-order valence-electron chi connectivity index (χ2n) is 4.76. The van der Waals surface area contributed by atoms with Gasteiger partial charge < -0.3 is 4.52 Å². The molecule has 1 fully saturated rings. The van der Waals surface area contributed by atoms with Crippen molar-refractivity contribution in [1.82, 2.24) is 10.1 Å². The van der Waals surface area contributed by atoms with Gasteiger partial charge in [0, 0.05) is 22.3 Å². The molecule has 0 spiro atoms. The zero-order valence-electron chi connectivity index (χ0n) is 11.7. The van der Waals surface area contributed by atoms with Crippen LogP contribution in [0.5, 0.6) is 0 Å². The topological polar surface area (TPSA) is 62.7 Å². The Morgan fingerprint density at radius 2 is 2.24 bits per heavy atom. The molecule has 1 aliphatic rings. The van der Waals surface area contributed by atoms with Crippen LogP contribution < -0.4 is 0 Å². The molecule has 4 nitrogen and oxygen atoms in total. The summed E-state index contributed by atoms with van der Waals surface area (Å²) in [5, 5.41) is 14.0. The molecule has 6 heteroatoms. The number of thioether (sulfide) groups is 2. The number of aromatic nitrogens is 2. The van der Waals surface area contributed by atoms with Crippen molar-refractivity contribution in [2.75, 3.05) is 11.5 Å². The van der Waals surface area contributed by atoms with Gasteiger partial charge in [-0.2, -0.15) is 22.0 Å². The highest BCUT2D eigenvalue weighted by Gasteiger charge is 2.30. The third kappa shape index (κ3) is 3.09. The highest BCUT2D eigenvalue weighted by Crippen LogP contribution is 2.43. The molecular formula is C15H15N3OS2. The highest BCUT2D eigenvalue weighted by molar-refractivity contribution is 8.06. The summed E-state index contributed by atoms with van der Waals surface area (Å²) in [7, 11) is 0. The molecule has 21 heavy (non-hydrogen) atoms. The molecule has 0 aliphatic carbocycles. The van der Waals surface area contributed by atoms with Crippen LogP contribution in [0, 0.1) is 11.3 Å². The lowest BCUT2D eigenvalue weighted by atomic mass is 10.1. The Morgan fingerprint density at radius 1 is 1.38 bits per heavy atom. The second-order valence-corrected chi connectivity index (χ2v) is 7.36. The fourth-order valence-corrected chi connectivity index (χ4v) is 5.31. The number of rotatable bonds is 3. The minimum absolute atomic E-state index is 0.297. The first-order valence-corrected chi connectivity index (χ1v) is 8.99. The summed E-state index contributed by atoms with van der Waals surface area (Å²) in [5.74, 6) is 3.58. The van der Waals surface area contributed by atoms with Crippen molar-refractivity contribution < 1.29 is 4.52 Å². The number of nitrogens with zero attached hydrogens (tertiary/aromatic N) is 3. The third-order valence-electron chi connectivity index (χ3n) is 3.39. The van der Waals surface area contributed by atoms with Crippen molar-refractivity contribution in [3.05, 3.63) is 35.7 Å². The third-order valence-corrected chi connectivity index (χ3v) is 6.63. The van der Waals surface area contributed by atoms with Crippen molar-refractivity contribution in [2.24, 2.45) is 0 Å². The van der Waals surface area contributed by atoms with Crippen molar-refractivity contribution in [2.45, 2.75) is 23.8 Å². The molecule has 108 valence electrons. The van der Waals surface area contributed by atoms with Gasteiger partial charge in [-0.3, -0.25) is 0 Å². The Hall–Kier alpha value is -1.45. The molecule has 0 radical (unpaired) electrons. The Labute approximate surface area is 132 Å². The zero-order chi connectivity index (χ0) is 14.7. The fraction of sp³-hybridized carbons (Fsp3) is 0.400. The fourth-order valence-electron chi connectivity index (χ4n) is 2.33. The molecule has 2 unspecified atom stereocenters. The molecule has 2 heterocycles. The van der Waals surface area contributed by atoms with Gasteiger partial charge in [-0.1, -0.05) is 18.1 Å². The summed E-state index contributed by atoms with van der Waals surface area (Å²) in [4.78, 5) is 4.56. The number of nitriles is 1. The SMILES string of the molecule is CCC1SCCSC1c1noc(-c2cccc(C#N)c2)n1. The number of hydrogen-bond acceptors (Lipinski definition) is 6. The summed E-state index contributed by atoms with van der Waals surface area (Å²) in [5.41, 5.74) is 1.40. The monoisotopic (exact) mass is 317 g/mol. The molecule has 1 aromatic heterocycles. The van der Waals surface area contributed by atoms with Crippen LogP contribution in [0.25, 0.3) is 11.5 Å². The van der Waals surface area contributed by atoms with E-state index in [0.717, 1.165) is 23.6 Å². The minimum Gasteiger partial charge on any atom is -0.334 e. The van der Waals surface area contributed by atoms with Crippen LogP contribution in [0.2, 0.25) is 0 Å². The van der Waals surface area contributed by atoms with Gasteiger partial charge in [0.2, 0.25) is 0 Å². The lowest BCUT2D eigenvalue weighted by Gasteiger charge is -2.27. The molecule has 1 aromatic carbocycles. The maximum atomic E-state index is 8.96. The Bertz CT molecular complexity index is 665. The Morgan fingerprint density at radius 3 is 3.05 bits per heavy atom. The summed E-state index contributed by atoms with van der Waals surface area (Å²) in [6, 6.07) is 9.39. The zero-order valence-corrected chi connectivity index (χ0v) is 13.3. The van der Waals surface area contributed by atoms with Crippen molar-refractivity contribution in [3.8, 4) is 17.5 Å². The molecule has 0 N–H and O–H groups in total. The minimum atomic E-state index is 0.297. The van der Waals surface area contributed by atoms with E-state index in [-0.39, 0.29) is 0 Å². The molecule has 0 bridgehead atoms. The van der Waals surface area contributed by atoms with E-state index in [1.165, 1.54) is 5.75 Å². The Balaban J connectivity index is 1.87. The van der Waals surface area contributed by atoms with Gasteiger partial charge in [-0.25, -0.2) is 0 Å². The summed E-state index contributed by atoms with van der Waals surface area (Å²) in [6.45, 7) is 2.20. The van der Waals surface area contributed by atoms with E-state index in [4.69, 9.17) is 9.78 Å². The number of hydrogen-bond donors (Lipinski definition) is 0. The van der Waals surface area contributed by atoms with Crippen LogP contribution in [0.15, 0.2) is 28.8 Å². The standard InChI is InChI=1S/C15H15N3OS2/c1-2-12-13(21-7-6-20-12)14-17-15(19-18-14)11-5-3-4-10(8-11)9-16/h3-5,8,12-13H,2,6-7H2,1H3. The van der Waals surface area contributed by atoms with E-state index in [2.05, 4.69) is 23.1 Å². The van der Waals surface area contributed by atoms with Crippen LogP contribution in [-0.2, 0) is 0 Å². The highest BCUT2D eigenvalue weighted by atomic mass is 32.2. The summed E-state index contributed by atoms with van der Waals surface area (Å²) >= 11 is 3.90. The first-order chi connectivity index (χ1) is 10.3. The normalized spacial score (nSPS) is 21.9. The smallest absolute Gasteiger partial charge is 0.258 e. The maximum absolute atomic E-state index is 8.96. The summed E-state index contributed by atoms with van der Waals surface area (Å²) in [6.07, 6.45) is 1.11. The molecule has 3 rings (SSSR count). The van der Waals surface area contributed by atoms with Gasteiger partial charge in [0.25, 0.3) is 5.89 Å². The quantitative estimate of drug-likeness (QED) is 0.855. The molecule has 1 saturated heterocycles. The maximum Gasteiger partial charge on any atom is 0.258 e. The van der Waals surface area contributed by atoms with Crippen molar-refractivity contribution in [1.29, 1.82) is 5.26 Å². The predicted octanol–water partition coefficient (Wildman–Crippen LogP) is 3.91. The Kier molecular flexibility index (Phi) is 4.51. The molecule has 0 saturated carbocycles. The van der Waals surface area contributed by atoms with Crippen molar-refractivity contribution in [3.63, 3.8) is 0 Å². The van der Waals surface area contributed by atoms with Crippen LogP contribution in [0.4, 0.5) is 0 Å². The average Bonchev–Trinajstić information content (AvgIpc) is 3.04. The van der Waals surface area contributed by atoms with Crippen LogP contribution in [0.3, 0.4) is 0 Å². The van der Waals surface area contributed by atoms with E-state index in [1.807, 2.05) is 35.7 Å². The van der Waals surface area contributed by atoms with E-state index < -0.39 is 0 Å². The van der Waals surface area contributed by atoms with Crippen LogP contribution in [-0.4, -0.2) is 26.9 Å². The molecule has 1 aliphatic heterocycles. The van der Waals surface area contributed by atoms with Gasteiger partial charge in [-0.05, 0) is 24.6 Å². The first-order valence-electron chi connectivity index (χ1n) is 6.89. The first kappa shape index (κ1) is 14.5. The lowest BCUT2D eigenvalue weighted by Crippen LogP contribution is -2.19. The van der Waals surface area contributed by atoms with E-state index >= 15 is 0 Å². The number of benzene rings is 1. The van der Waals surface area contributed by atoms with Gasteiger partial charge in [0.15, 0.2) is 5.82 Å². The van der Waals surface area contributed by atoms with Gasteiger partial charge in [0.1, 0.15) is 0 Å². The van der Waals surface area contributed by atoms with Gasteiger partial charge in [0.05, 0.1) is 16.9 Å². The second kappa shape index (κ2) is 6.54. The van der Waals surface area contributed by atoms with E-state index in [9.17, 15) is 0 Å². The van der Waals surface area contributed by atoms with Gasteiger partial charge in [-0.15, -0.1) is 11.8 Å². The van der Waals surface area contributed by atoms with E-state index in [0.29, 0.717) is 22.0 Å².